The Hall–Kier alpha value is -3.15. The molecule has 1 unspecified atom stereocenters. The van der Waals surface area contributed by atoms with Crippen molar-refractivity contribution in [2.75, 3.05) is 32.8 Å². The van der Waals surface area contributed by atoms with Crippen molar-refractivity contribution in [1.82, 2.24) is 20.3 Å². The van der Waals surface area contributed by atoms with Crippen LogP contribution in [0.5, 0.6) is 5.75 Å². The number of hydrogen-bond donors (Lipinski definition) is 4. The summed E-state index contributed by atoms with van der Waals surface area (Å²) in [6.45, 7) is 3.81. The highest BCUT2D eigenvalue weighted by Crippen LogP contribution is 2.13. The number of phenols is 1. The highest BCUT2D eigenvalue weighted by molar-refractivity contribution is 7.89. The Kier molecular flexibility index (Phi) is 10.7. The van der Waals surface area contributed by atoms with Crippen LogP contribution in [-0.2, 0) is 26.0 Å². The maximum Gasteiger partial charge on any atom is 0.318 e. The lowest BCUT2D eigenvalue weighted by Gasteiger charge is -2.29. The van der Waals surface area contributed by atoms with Gasteiger partial charge in [0.25, 0.3) is 0 Å². The van der Waals surface area contributed by atoms with Gasteiger partial charge >= 0.3 is 6.03 Å². The molecule has 0 spiro atoms. The summed E-state index contributed by atoms with van der Waals surface area (Å²) in [7, 11) is -3.76. The number of carbonyl (C=O) groups excluding carboxylic acids is 2. The third kappa shape index (κ3) is 9.03. The first-order valence-corrected chi connectivity index (χ1v) is 14.0. The summed E-state index contributed by atoms with van der Waals surface area (Å²) >= 11 is 0. The normalized spacial score (nSPS) is 15.5. The first kappa shape index (κ1) is 28.4. The topological polar surface area (TPSA) is 137 Å². The first-order chi connectivity index (χ1) is 17.8. The molecule has 202 valence electrons. The molecule has 2 atom stereocenters. The van der Waals surface area contributed by atoms with Crippen LogP contribution < -0.4 is 15.4 Å². The van der Waals surface area contributed by atoms with Gasteiger partial charge in [-0.15, -0.1) is 0 Å². The molecule has 3 rings (SSSR count). The van der Waals surface area contributed by atoms with E-state index in [1.165, 1.54) is 24.3 Å². The minimum atomic E-state index is -3.76. The van der Waals surface area contributed by atoms with Crippen molar-refractivity contribution in [2.45, 2.75) is 49.6 Å². The molecule has 0 aromatic heterocycles. The van der Waals surface area contributed by atoms with E-state index in [2.05, 4.69) is 15.4 Å². The zero-order valence-electron chi connectivity index (χ0n) is 21.1. The largest absolute Gasteiger partial charge is 0.508 e. The molecule has 1 heterocycles. The molecular weight excluding hydrogens is 496 g/mol. The molecule has 2 aromatic rings. The predicted molar refractivity (Wildman–Crippen MR) is 140 cm³/mol. The highest BCUT2D eigenvalue weighted by Gasteiger charge is 2.27. The summed E-state index contributed by atoms with van der Waals surface area (Å²) in [5, 5.41) is 15.2. The van der Waals surface area contributed by atoms with Crippen molar-refractivity contribution >= 4 is 22.0 Å². The fraction of sp³-hybridized carbons (Fsp3) is 0.462. The van der Waals surface area contributed by atoms with Gasteiger partial charge in [0.1, 0.15) is 11.8 Å². The lowest BCUT2D eigenvalue weighted by Crippen LogP contribution is -2.55. The number of aromatic hydroxyl groups is 1. The molecule has 4 N–H and O–H groups in total. The van der Waals surface area contributed by atoms with Crippen LogP contribution in [0.3, 0.4) is 0 Å². The van der Waals surface area contributed by atoms with E-state index in [1.807, 2.05) is 6.92 Å². The number of nitrogens with one attached hydrogen (secondary N) is 3. The van der Waals surface area contributed by atoms with Crippen molar-refractivity contribution < 1.29 is 27.9 Å². The smallest absolute Gasteiger partial charge is 0.318 e. The quantitative estimate of drug-likeness (QED) is 0.330. The van der Waals surface area contributed by atoms with Gasteiger partial charge in [-0.1, -0.05) is 50.1 Å². The Morgan fingerprint density at radius 2 is 1.73 bits per heavy atom. The number of rotatable bonds is 12. The molecule has 0 bridgehead atoms. The number of ether oxygens (including phenoxy) is 1. The summed E-state index contributed by atoms with van der Waals surface area (Å²) < 4.78 is 33.7. The summed E-state index contributed by atoms with van der Waals surface area (Å²) in [5.41, 5.74) is 0.757. The molecule has 1 aliphatic heterocycles. The molecule has 10 nitrogen and oxygen atoms in total. The van der Waals surface area contributed by atoms with Crippen LogP contribution in [0, 0.1) is 0 Å². The van der Waals surface area contributed by atoms with Gasteiger partial charge in [0, 0.05) is 32.1 Å². The second kappa shape index (κ2) is 14.0. The fourth-order valence-corrected chi connectivity index (χ4v) is 5.26. The van der Waals surface area contributed by atoms with Crippen molar-refractivity contribution in [3.05, 3.63) is 60.2 Å². The van der Waals surface area contributed by atoms with Crippen molar-refractivity contribution in [2.24, 2.45) is 0 Å². The van der Waals surface area contributed by atoms with Gasteiger partial charge in [-0.05, 0) is 36.2 Å². The molecule has 0 saturated carbocycles. The number of unbranched alkanes of at least 4 members (excludes halogenated alkanes) is 1. The predicted octanol–water partition coefficient (Wildman–Crippen LogP) is 2.00. The Morgan fingerprint density at radius 1 is 1.05 bits per heavy atom. The van der Waals surface area contributed by atoms with E-state index in [-0.39, 0.29) is 29.6 Å². The SMILES string of the molecule is CCCCC(CNC(=O)[C@H](Cc1ccc(O)cc1)NC(=O)N1CCOCC1)NS(=O)(=O)c1ccccc1. The second-order valence-electron chi connectivity index (χ2n) is 8.99. The first-order valence-electron chi connectivity index (χ1n) is 12.5. The van der Waals surface area contributed by atoms with Gasteiger partial charge in [0.2, 0.25) is 15.9 Å². The number of amides is 3. The van der Waals surface area contributed by atoms with Gasteiger partial charge in [0.15, 0.2) is 0 Å². The maximum atomic E-state index is 13.3. The van der Waals surface area contributed by atoms with Crippen LogP contribution in [0.4, 0.5) is 4.79 Å². The van der Waals surface area contributed by atoms with Gasteiger partial charge < -0.3 is 25.4 Å². The molecular formula is C26H36N4O6S. The van der Waals surface area contributed by atoms with Crippen LogP contribution >= 0.6 is 0 Å². The van der Waals surface area contributed by atoms with E-state index in [0.717, 1.165) is 18.4 Å². The Bertz CT molecular complexity index is 1110. The Balaban J connectivity index is 1.69. The molecule has 0 radical (unpaired) electrons. The molecule has 11 heteroatoms. The van der Waals surface area contributed by atoms with Gasteiger partial charge in [-0.3, -0.25) is 4.79 Å². The second-order valence-corrected chi connectivity index (χ2v) is 10.7. The minimum Gasteiger partial charge on any atom is -0.508 e. The molecule has 0 aliphatic carbocycles. The van der Waals surface area contributed by atoms with E-state index in [1.54, 1.807) is 35.2 Å². The highest BCUT2D eigenvalue weighted by atomic mass is 32.2. The number of carbonyl (C=O) groups is 2. The van der Waals surface area contributed by atoms with Crippen molar-refractivity contribution in [1.29, 1.82) is 0 Å². The zero-order chi connectivity index (χ0) is 26.7. The van der Waals surface area contributed by atoms with Gasteiger partial charge in [0.05, 0.1) is 18.1 Å². The monoisotopic (exact) mass is 532 g/mol. The summed E-state index contributed by atoms with van der Waals surface area (Å²) in [6.07, 6.45) is 2.41. The average molecular weight is 533 g/mol. The number of hydrogen-bond acceptors (Lipinski definition) is 6. The summed E-state index contributed by atoms with van der Waals surface area (Å²) in [5.74, 6) is -0.318. The lowest BCUT2D eigenvalue weighted by atomic mass is 10.0. The van der Waals surface area contributed by atoms with E-state index < -0.39 is 28.0 Å². The molecule has 1 aliphatic rings. The fourth-order valence-electron chi connectivity index (χ4n) is 3.97. The number of benzene rings is 2. The van der Waals surface area contributed by atoms with Crippen LogP contribution in [0.1, 0.15) is 31.7 Å². The lowest BCUT2D eigenvalue weighted by molar-refractivity contribution is -0.123. The third-order valence-corrected chi connectivity index (χ3v) is 7.63. The summed E-state index contributed by atoms with van der Waals surface area (Å²) in [4.78, 5) is 27.8. The molecule has 1 fully saturated rings. The number of urea groups is 1. The third-order valence-electron chi connectivity index (χ3n) is 6.09. The number of nitrogens with zero attached hydrogens (tertiary/aromatic N) is 1. The van der Waals surface area contributed by atoms with Gasteiger partial charge in [-0.2, -0.15) is 0 Å². The van der Waals surface area contributed by atoms with Crippen LogP contribution in [0.15, 0.2) is 59.5 Å². The number of morpholine rings is 1. The van der Waals surface area contributed by atoms with Crippen LogP contribution in [0.25, 0.3) is 0 Å². The average Bonchev–Trinajstić information content (AvgIpc) is 2.91. The molecule has 3 amide bonds. The number of phenolic OH excluding ortho intramolecular Hbond substituents is 1. The van der Waals surface area contributed by atoms with E-state index in [9.17, 15) is 23.1 Å². The van der Waals surface area contributed by atoms with Crippen LogP contribution in [-0.4, -0.2) is 75.3 Å². The zero-order valence-corrected chi connectivity index (χ0v) is 21.9. The maximum absolute atomic E-state index is 13.3. The van der Waals surface area contributed by atoms with E-state index >= 15 is 0 Å². The van der Waals surface area contributed by atoms with Gasteiger partial charge in [-0.25, -0.2) is 17.9 Å². The molecule has 2 aromatic carbocycles. The Labute approximate surface area is 218 Å². The van der Waals surface area contributed by atoms with Crippen molar-refractivity contribution in [3.63, 3.8) is 0 Å². The van der Waals surface area contributed by atoms with Crippen molar-refractivity contribution in [3.8, 4) is 5.75 Å². The molecule has 1 saturated heterocycles. The number of sulfonamides is 1. The van der Waals surface area contributed by atoms with E-state index in [4.69, 9.17) is 4.74 Å². The Morgan fingerprint density at radius 3 is 2.38 bits per heavy atom. The van der Waals surface area contributed by atoms with E-state index in [0.29, 0.717) is 32.7 Å². The standard InChI is InChI=1S/C26H36N4O6S/c1-2-3-7-21(29-37(34,35)23-8-5-4-6-9-23)19-27-25(32)24(18-20-10-12-22(31)13-11-20)28-26(33)30-14-16-36-17-15-30/h4-6,8-13,21,24,29,31H,2-3,7,14-19H2,1H3,(H,27,32)(H,28,33)/t21?,24-/m0/s1. The van der Waals surface area contributed by atoms with Crippen LogP contribution in [0.2, 0.25) is 0 Å². The summed E-state index contributed by atoms with van der Waals surface area (Å²) in [6, 6.07) is 12.7. The molecule has 37 heavy (non-hydrogen) atoms. The minimum absolute atomic E-state index is 0.0738.